The molecule has 1 aliphatic rings. The van der Waals surface area contributed by atoms with E-state index in [0.29, 0.717) is 12.8 Å². The van der Waals surface area contributed by atoms with Gasteiger partial charge < -0.3 is 35.2 Å². The average molecular weight is 936 g/mol. The highest BCUT2D eigenvalue weighted by atomic mass is 32.3. The second-order valence-electron chi connectivity index (χ2n) is 19.2. The first kappa shape index (κ1) is 61.1. The van der Waals surface area contributed by atoms with E-state index in [2.05, 4.69) is 23.3 Å². The molecule has 1 heterocycles. The lowest BCUT2D eigenvalue weighted by molar-refractivity contribution is -0.298. The molecule has 1 saturated heterocycles. The second kappa shape index (κ2) is 42.2. The molecular formula is C51H101NO11S. The topological polar surface area (TPSA) is 192 Å². The van der Waals surface area contributed by atoms with Crippen LogP contribution in [0.3, 0.4) is 0 Å². The lowest BCUT2D eigenvalue weighted by Gasteiger charge is -2.41. The molecule has 0 spiro atoms. The van der Waals surface area contributed by atoms with Crippen molar-refractivity contribution in [1.82, 2.24) is 5.32 Å². The van der Waals surface area contributed by atoms with E-state index in [4.69, 9.17) is 9.47 Å². The van der Waals surface area contributed by atoms with Crippen LogP contribution in [0.25, 0.3) is 0 Å². The average Bonchev–Trinajstić information content (AvgIpc) is 3.27. The summed E-state index contributed by atoms with van der Waals surface area (Å²) >= 11 is 0. The molecular weight excluding hydrogens is 835 g/mol. The van der Waals surface area contributed by atoms with E-state index >= 15 is 0 Å². The van der Waals surface area contributed by atoms with E-state index in [-0.39, 0.29) is 12.5 Å². The van der Waals surface area contributed by atoms with Gasteiger partial charge in [-0.3, -0.25) is 9.35 Å². The van der Waals surface area contributed by atoms with E-state index in [1.54, 1.807) is 0 Å². The predicted octanol–water partition coefficient (Wildman–Crippen LogP) is 11.7. The van der Waals surface area contributed by atoms with Crippen molar-refractivity contribution in [1.29, 1.82) is 0 Å². The maximum absolute atomic E-state index is 13.1. The number of unbranched alkanes of at least 4 members (excludes halogenated alkanes) is 35. The van der Waals surface area contributed by atoms with Gasteiger partial charge in [-0.05, 0) is 12.8 Å². The zero-order valence-electron chi connectivity index (χ0n) is 41.1. The lowest BCUT2D eigenvalue weighted by Crippen LogP contribution is -2.61. The number of carbonyl (C=O) groups is 1. The Morgan fingerprint density at radius 3 is 1.25 bits per heavy atom. The molecule has 1 amide bonds. The van der Waals surface area contributed by atoms with Crippen LogP contribution in [0.1, 0.15) is 264 Å². The fraction of sp³-hybridized carbons (Fsp3) is 0.980. The third-order valence-corrected chi connectivity index (χ3v) is 13.6. The standard InChI is InChI=1S/C51H101NO11S/c1-3-5-7-9-11-13-15-17-18-19-20-21-22-23-24-25-26-27-28-29-31-33-35-37-39-41-47(55)52-44(45(54)40-38-36-34-32-30-16-14-12-10-8-6-4-2)43-61-51-49(57)50(63-64(58,59)60)48(56)46(42-53)62-51/h44-46,48-51,53-54,56-57H,3-43H2,1-2H3,(H,52,55)(H,58,59,60). The summed E-state index contributed by atoms with van der Waals surface area (Å²) in [6.45, 7) is 3.47. The molecule has 1 rings (SSSR count). The van der Waals surface area contributed by atoms with Crippen LogP contribution >= 0.6 is 0 Å². The molecule has 7 atom stereocenters. The van der Waals surface area contributed by atoms with Crippen molar-refractivity contribution < 1.29 is 51.8 Å². The number of ether oxygens (including phenoxy) is 2. The summed E-state index contributed by atoms with van der Waals surface area (Å²) in [5, 5.41) is 44.9. The van der Waals surface area contributed by atoms with Crippen LogP contribution in [0.15, 0.2) is 0 Å². The zero-order chi connectivity index (χ0) is 46.9. The van der Waals surface area contributed by atoms with Gasteiger partial charge in [0, 0.05) is 6.42 Å². The van der Waals surface area contributed by atoms with Crippen molar-refractivity contribution in [3.63, 3.8) is 0 Å². The largest absolute Gasteiger partial charge is 0.397 e. The van der Waals surface area contributed by atoms with Gasteiger partial charge in [0.2, 0.25) is 5.91 Å². The first-order chi connectivity index (χ1) is 31.0. The molecule has 6 N–H and O–H groups in total. The molecule has 64 heavy (non-hydrogen) atoms. The van der Waals surface area contributed by atoms with E-state index in [1.807, 2.05) is 0 Å². The number of nitrogens with one attached hydrogen (secondary N) is 1. The number of aliphatic hydroxyl groups excluding tert-OH is 4. The van der Waals surface area contributed by atoms with Crippen molar-refractivity contribution in [3.8, 4) is 0 Å². The molecule has 0 aromatic heterocycles. The molecule has 13 heteroatoms. The highest BCUT2D eigenvalue weighted by Crippen LogP contribution is 2.26. The Morgan fingerprint density at radius 1 is 0.562 bits per heavy atom. The fourth-order valence-electron chi connectivity index (χ4n) is 8.99. The Balaban J connectivity index is 2.31. The van der Waals surface area contributed by atoms with Gasteiger partial charge in [-0.2, -0.15) is 8.42 Å². The van der Waals surface area contributed by atoms with Gasteiger partial charge in [0.1, 0.15) is 24.4 Å². The summed E-state index contributed by atoms with van der Waals surface area (Å²) in [7, 11) is -5.07. The highest BCUT2D eigenvalue weighted by Gasteiger charge is 2.48. The molecule has 1 aliphatic heterocycles. The summed E-state index contributed by atoms with van der Waals surface area (Å²) < 4.78 is 47.7. The van der Waals surface area contributed by atoms with Gasteiger partial charge in [0.05, 0.1) is 25.4 Å². The second-order valence-corrected chi connectivity index (χ2v) is 20.2. The van der Waals surface area contributed by atoms with Gasteiger partial charge in [0.15, 0.2) is 6.29 Å². The first-order valence-electron chi connectivity index (χ1n) is 26.9. The van der Waals surface area contributed by atoms with Crippen LogP contribution in [0.5, 0.6) is 0 Å². The Kier molecular flexibility index (Phi) is 40.3. The van der Waals surface area contributed by atoms with Gasteiger partial charge in [0.25, 0.3) is 0 Å². The van der Waals surface area contributed by atoms with Crippen LogP contribution in [0.4, 0.5) is 0 Å². The van der Waals surface area contributed by atoms with Gasteiger partial charge in [-0.15, -0.1) is 0 Å². The minimum atomic E-state index is -5.07. The monoisotopic (exact) mass is 936 g/mol. The Hall–Kier alpha value is -0.900. The van der Waals surface area contributed by atoms with Gasteiger partial charge in [-0.25, -0.2) is 4.18 Å². The Morgan fingerprint density at radius 2 is 0.906 bits per heavy atom. The third-order valence-electron chi connectivity index (χ3n) is 13.2. The fourth-order valence-corrected chi connectivity index (χ4v) is 9.50. The van der Waals surface area contributed by atoms with Crippen LogP contribution in [-0.4, -0.2) is 95.4 Å². The molecule has 0 radical (unpaired) electrons. The minimum absolute atomic E-state index is 0.224. The number of rotatable bonds is 47. The van der Waals surface area contributed by atoms with Crippen molar-refractivity contribution in [2.24, 2.45) is 0 Å². The van der Waals surface area contributed by atoms with Crippen LogP contribution in [0.2, 0.25) is 0 Å². The van der Waals surface area contributed by atoms with E-state index in [1.165, 1.54) is 186 Å². The summed E-state index contributed by atoms with van der Waals surface area (Å²) in [4.78, 5) is 13.1. The molecule has 1 fully saturated rings. The van der Waals surface area contributed by atoms with Crippen molar-refractivity contribution in [2.45, 2.75) is 307 Å². The molecule has 382 valence electrons. The number of hydrogen-bond donors (Lipinski definition) is 6. The zero-order valence-corrected chi connectivity index (χ0v) is 41.9. The molecule has 0 aliphatic carbocycles. The van der Waals surface area contributed by atoms with Crippen molar-refractivity contribution in [3.05, 3.63) is 0 Å². The highest BCUT2D eigenvalue weighted by molar-refractivity contribution is 7.80. The van der Waals surface area contributed by atoms with Gasteiger partial charge >= 0.3 is 10.4 Å². The van der Waals surface area contributed by atoms with Crippen LogP contribution < -0.4 is 5.32 Å². The van der Waals surface area contributed by atoms with E-state index < -0.39 is 59.9 Å². The lowest BCUT2D eigenvalue weighted by atomic mass is 9.99. The normalized spacial score (nSPS) is 20.1. The van der Waals surface area contributed by atoms with E-state index in [9.17, 15) is 38.2 Å². The SMILES string of the molecule is CCCCCCCCCCCCCCCCCCCCCCCCCCCC(=O)NC(COC1OC(CO)C(O)C(OS(=O)(=O)O)C1O)C(O)CCCCCCCCCCCCCC. The molecule has 12 nitrogen and oxygen atoms in total. The summed E-state index contributed by atoms with van der Waals surface area (Å²) in [6, 6.07) is -0.851. The van der Waals surface area contributed by atoms with Crippen molar-refractivity contribution in [2.75, 3.05) is 13.2 Å². The molecule has 0 aromatic carbocycles. The maximum atomic E-state index is 13.1. The summed E-state index contributed by atoms with van der Waals surface area (Å²) in [6.07, 6.45) is 38.3. The van der Waals surface area contributed by atoms with Crippen LogP contribution in [0, 0.1) is 0 Å². The molecule has 0 aromatic rings. The van der Waals surface area contributed by atoms with E-state index in [0.717, 1.165) is 51.4 Å². The third kappa shape index (κ3) is 34.4. The number of hydrogen-bond acceptors (Lipinski definition) is 10. The quantitative estimate of drug-likeness (QED) is 0.0251. The summed E-state index contributed by atoms with van der Waals surface area (Å²) in [5.41, 5.74) is 0. The number of aliphatic hydroxyl groups is 4. The van der Waals surface area contributed by atoms with Gasteiger partial charge in [-0.1, -0.05) is 245 Å². The minimum Gasteiger partial charge on any atom is -0.394 e. The predicted molar refractivity (Wildman–Crippen MR) is 259 cm³/mol. The maximum Gasteiger partial charge on any atom is 0.397 e. The smallest absolute Gasteiger partial charge is 0.394 e. The van der Waals surface area contributed by atoms with Crippen molar-refractivity contribution >= 4 is 16.3 Å². The molecule has 0 bridgehead atoms. The Bertz CT molecular complexity index is 1150. The Labute approximate surface area is 392 Å². The first-order valence-corrected chi connectivity index (χ1v) is 28.3. The molecule has 0 saturated carbocycles. The number of carbonyl (C=O) groups excluding carboxylic acids is 1. The molecule has 7 unspecified atom stereocenters. The van der Waals surface area contributed by atoms with Crippen LogP contribution in [-0.2, 0) is 28.9 Å². The summed E-state index contributed by atoms with van der Waals surface area (Å²) in [5.74, 6) is -0.224. The number of amides is 1.